The van der Waals surface area contributed by atoms with Crippen LogP contribution in [0.5, 0.6) is 0 Å². The van der Waals surface area contributed by atoms with Crippen molar-refractivity contribution in [1.29, 1.82) is 0 Å². The maximum atomic E-state index is 4.23. The monoisotopic (exact) mass is 210 g/mol. The zero-order valence-corrected chi connectivity index (χ0v) is 9.08. The van der Waals surface area contributed by atoms with Gasteiger partial charge in [-0.25, -0.2) is 0 Å². The summed E-state index contributed by atoms with van der Waals surface area (Å²) in [5, 5.41) is 0. The molecule has 0 saturated heterocycles. The fourth-order valence-corrected chi connectivity index (χ4v) is 1.47. The van der Waals surface area contributed by atoms with Crippen molar-refractivity contribution in [3.8, 4) is 0 Å². The van der Waals surface area contributed by atoms with Crippen molar-refractivity contribution in [2.24, 2.45) is 0 Å². The molecule has 2 heteroatoms. The Hall–Kier alpha value is -1.96. The average Bonchev–Trinajstić information content (AvgIpc) is 2.37. The van der Waals surface area contributed by atoms with E-state index in [9.17, 15) is 0 Å². The number of benzene rings is 1. The summed E-state index contributed by atoms with van der Waals surface area (Å²) >= 11 is 0. The number of aryl methyl sites for hydroxylation is 1. The third-order valence-electron chi connectivity index (χ3n) is 2.29. The van der Waals surface area contributed by atoms with E-state index in [1.165, 1.54) is 5.56 Å². The Bertz CT molecular complexity index is 435. The fraction of sp³-hybridized carbons (Fsp3) is 0.143. The van der Waals surface area contributed by atoms with Crippen LogP contribution < -0.4 is 0 Å². The largest absolute Gasteiger partial charge is 0.261 e. The number of nitrogens with zero attached hydrogens (tertiary/aromatic N) is 2. The molecular weight excluding hydrogens is 196 g/mol. The Balaban J connectivity index is 1.83. The zero-order valence-electron chi connectivity index (χ0n) is 9.08. The number of hydrogen-bond acceptors (Lipinski definition) is 2. The Morgan fingerprint density at radius 1 is 1.06 bits per heavy atom. The highest BCUT2D eigenvalue weighted by molar-refractivity contribution is 5.48. The van der Waals surface area contributed by atoms with Gasteiger partial charge in [0, 0.05) is 18.6 Å². The molecule has 0 aliphatic rings. The van der Waals surface area contributed by atoms with Gasteiger partial charge >= 0.3 is 0 Å². The molecule has 1 aromatic heterocycles. The van der Waals surface area contributed by atoms with Gasteiger partial charge in [0.05, 0.1) is 5.69 Å². The predicted molar refractivity (Wildman–Crippen MR) is 65.8 cm³/mol. The lowest BCUT2D eigenvalue weighted by molar-refractivity contribution is 0.927. The van der Waals surface area contributed by atoms with Gasteiger partial charge in [0.1, 0.15) is 0 Å². The highest BCUT2D eigenvalue weighted by atomic mass is 14.8. The van der Waals surface area contributed by atoms with Crippen molar-refractivity contribution in [2.75, 3.05) is 0 Å². The molecule has 0 amide bonds. The van der Waals surface area contributed by atoms with Crippen LogP contribution in [0.2, 0.25) is 0 Å². The van der Waals surface area contributed by atoms with Gasteiger partial charge in [0.25, 0.3) is 0 Å². The van der Waals surface area contributed by atoms with Crippen LogP contribution in [0.3, 0.4) is 0 Å². The van der Waals surface area contributed by atoms with Gasteiger partial charge in [0.2, 0.25) is 0 Å². The molecule has 0 saturated carbocycles. The topological polar surface area (TPSA) is 25.8 Å². The third kappa shape index (κ3) is 3.31. The second-order valence-corrected chi connectivity index (χ2v) is 3.55. The number of rotatable bonds is 4. The van der Waals surface area contributed by atoms with Gasteiger partial charge in [-0.1, -0.05) is 42.5 Å². The number of hydrogen-bond donors (Lipinski definition) is 0. The molecule has 0 atom stereocenters. The molecule has 16 heavy (non-hydrogen) atoms. The van der Waals surface area contributed by atoms with Crippen LogP contribution in [0.15, 0.2) is 55.0 Å². The van der Waals surface area contributed by atoms with Crippen molar-refractivity contribution >= 4 is 6.08 Å². The maximum Gasteiger partial charge on any atom is 0.0589 e. The second kappa shape index (κ2) is 5.81. The minimum atomic E-state index is 0.942. The molecular formula is C14H14N2. The van der Waals surface area contributed by atoms with Crippen LogP contribution >= 0.6 is 0 Å². The Morgan fingerprint density at radius 3 is 2.69 bits per heavy atom. The Kier molecular flexibility index (Phi) is 3.83. The van der Waals surface area contributed by atoms with E-state index in [0.717, 1.165) is 18.5 Å². The van der Waals surface area contributed by atoms with E-state index in [-0.39, 0.29) is 0 Å². The summed E-state index contributed by atoms with van der Waals surface area (Å²) in [5.74, 6) is 0. The van der Waals surface area contributed by atoms with Gasteiger partial charge < -0.3 is 0 Å². The summed E-state index contributed by atoms with van der Waals surface area (Å²) in [6, 6.07) is 10.3. The van der Waals surface area contributed by atoms with Crippen molar-refractivity contribution in [1.82, 2.24) is 9.97 Å². The third-order valence-corrected chi connectivity index (χ3v) is 2.29. The molecule has 1 aromatic carbocycles. The SMILES string of the molecule is C(=C\c1ccccc1)/CCc1cnccn1. The molecule has 2 rings (SSSR count). The predicted octanol–water partition coefficient (Wildman–Crippen LogP) is 3.12. The lowest BCUT2D eigenvalue weighted by Gasteiger charge is -1.95. The standard InChI is InChI=1S/C14H14N2/c1-2-6-13(7-3-1)8-4-5-9-14-12-15-10-11-16-14/h1-4,6-8,10-12H,5,9H2/b8-4+. The molecule has 0 spiro atoms. The van der Waals surface area contributed by atoms with Crippen LogP contribution in [0, 0.1) is 0 Å². The molecule has 0 radical (unpaired) electrons. The number of aromatic nitrogens is 2. The first-order valence-electron chi connectivity index (χ1n) is 5.41. The first-order chi connectivity index (χ1) is 7.95. The van der Waals surface area contributed by atoms with Crippen LogP contribution in [0.4, 0.5) is 0 Å². The normalized spacial score (nSPS) is 10.8. The molecule has 2 nitrogen and oxygen atoms in total. The minimum Gasteiger partial charge on any atom is -0.261 e. The number of allylic oxidation sites excluding steroid dienone is 1. The molecule has 0 aliphatic heterocycles. The fourth-order valence-electron chi connectivity index (χ4n) is 1.47. The van der Waals surface area contributed by atoms with E-state index < -0.39 is 0 Å². The average molecular weight is 210 g/mol. The molecule has 0 fully saturated rings. The minimum absolute atomic E-state index is 0.942. The molecule has 0 N–H and O–H groups in total. The van der Waals surface area contributed by atoms with E-state index in [0.29, 0.717) is 0 Å². The summed E-state index contributed by atoms with van der Waals surface area (Å²) < 4.78 is 0. The molecule has 2 aromatic rings. The van der Waals surface area contributed by atoms with E-state index in [1.807, 2.05) is 24.4 Å². The van der Waals surface area contributed by atoms with Crippen LogP contribution in [-0.2, 0) is 6.42 Å². The van der Waals surface area contributed by atoms with Gasteiger partial charge in [-0.2, -0.15) is 0 Å². The second-order valence-electron chi connectivity index (χ2n) is 3.55. The van der Waals surface area contributed by atoms with Crippen LogP contribution in [0.1, 0.15) is 17.7 Å². The molecule has 0 unspecified atom stereocenters. The smallest absolute Gasteiger partial charge is 0.0589 e. The van der Waals surface area contributed by atoms with Crippen molar-refractivity contribution in [2.45, 2.75) is 12.8 Å². The van der Waals surface area contributed by atoms with Crippen molar-refractivity contribution < 1.29 is 0 Å². The first-order valence-corrected chi connectivity index (χ1v) is 5.41. The summed E-state index contributed by atoms with van der Waals surface area (Å²) in [5.41, 5.74) is 2.28. The summed E-state index contributed by atoms with van der Waals surface area (Å²) in [6.45, 7) is 0. The lowest BCUT2D eigenvalue weighted by Crippen LogP contribution is -1.88. The Labute approximate surface area is 95.7 Å². The van der Waals surface area contributed by atoms with Crippen LogP contribution in [-0.4, -0.2) is 9.97 Å². The molecule has 0 bridgehead atoms. The lowest BCUT2D eigenvalue weighted by atomic mass is 10.2. The Morgan fingerprint density at radius 2 is 1.94 bits per heavy atom. The highest BCUT2D eigenvalue weighted by Gasteiger charge is 1.90. The summed E-state index contributed by atoms with van der Waals surface area (Å²) in [4.78, 5) is 8.26. The van der Waals surface area contributed by atoms with Gasteiger partial charge in [-0.3, -0.25) is 9.97 Å². The molecule has 0 aliphatic carbocycles. The molecule has 1 heterocycles. The molecule has 80 valence electrons. The van der Waals surface area contributed by atoms with E-state index >= 15 is 0 Å². The first kappa shape index (κ1) is 10.6. The zero-order chi connectivity index (χ0) is 11.1. The summed E-state index contributed by atoms with van der Waals surface area (Å²) in [6.07, 6.45) is 11.5. The van der Waals surface area contributed by atoms with E-state index in [2.05, 4.69) is 34.3 Å². The van der Waals surface area contributed by atoms with E-state index in [1.54, 1.807) is 12.4 Å². The van der Waals surface area contributed by atoms with Gasteiger partial charge in [0.15, 0.2) is 0 Å². The van der Waals surface area contributed by atoms with E-state index in [4.69, 9.17) is 0 Å². The summed E-state index contributed by atoms with van der Waals surface area (Å²) in [7, 11) is 0. The van der Waals surface area contributed by atoms with Gasteiger partial charge in [-0.05, 0) is 18.4 Å². The quantitative estimate of drug-likeness (QED) is 0.774. The van der Waals surface area contributed by atoms with Gasteiger partial charge in [-0.15, -0.1) is 0 Å². The maximum absolute atomic E-state index is 4.23. The highest BCUT2D eigenvalue weighted by Crippen LogP contribution is 2.03. The van der Waals surface area contributed by atoms with Crippen molar-refractivity contribution in [3.63, 3.8) is 0 Å². The van der Waals surface area contributed by atoms with Crippen molar-refractivity contribution in [3.05, 3.63) is 66.3 Å². The van der Waals surface area contributed by atoms with Crippen LogP contribution in [0.25, 0.3) is 6.08 Å².